The molecule has 0 fully saturated rings. The van der Waals surface area contributed by atoms with Crippen LogP contribution in [0, 0.1) is 0 Å². The highest BCUT2D eigenvalue weighted by molar-refractivity contribution is 6.30. The number of benzene rings is 2. The van der Waals surface area contributed by atoms with Gasteiger partial charge in [0.2, 0.25) is 0 Å². The van der Waals surface area contributed by atoms with Crippen LogP contribution in [0.2, 0.25) is 0 Å². The van der Waals surface area contributed by atoms with Gasteiger partial charge >= 0.3 is 0 Å². The van der Waals surface area contributed by atoms with E-state index in [4.69, 9.17) is 4.74 Å². The first-order valence-electron chi connectivity index (χ1n) is 8.30. The Morgan fingerprint density at radius 2 is 1.58 bits per heavy atom. The Bertz CT molecular complexity index is 821. The van der Waals surface area contributed by atoms with Crippen LogP contribution in [0.15, 0.2) is 30.3 Å². The Morgan fingerprint density at radius 3 is 2.17 bits per heavy atom. The third-order valence-electron chi connectivity index (χ3n) is 4.19. The molecule has 0 saturated heterocycles. The molecule has 24 heavy (non-hydrogen) atoms. The lowest BCUT2D eigenvalue weighted by atomic mass is 9.81. The van der Waals surface area contributed by atoms with Crippen molar-refractivity contribution in [3.63, 3.8) is 0 Å². The molecule has 1 N–H and O–H groups in total. The normalized spacial score (nSPS) is 12.8. The fourth-order valence-electron chi connectivity index (χ4n) is 3.08. The van der Waals surface area contributed by atoms with Crippen LogP contribution in [0.1, 0.15) is 64.1 Å². The molecule has 2 aromatic carbocycles. The molecule has 3 rings (SSSR count). The lowest BCUT2D eigenvalue weighted by Gasteiger charge is -2.23. The van der Waals surface area contributed by atoms with Gasteiger partial charge in [0.15, 0.2) is 11.6 Å². The monoisotopic (exact) mass is 324 g/mol. The number of carbonyl (C=O) groups excluding carboxylic acids is 2. The lowest BCUT2D eigenvalue weighted by Crippen LogP contribution is -2.22. The van der Waals surface area contributed by atoms with Gasteiger partial charge < -0.3 is 9.84 Å². The van der Waals surface area contributed by atoms with Gasteiger partial charge in [0, 0.05) is 11.1 Å². The molecule has 1 aliphatic carbocycles. The summed E-state index contributed by atoms with van der Waals surface area (Å²) in [5.74, 6) is -0.300. The van der Waals surface area contributed by atoms with Gasteiger partial charge in [-0.05, 0) is 24.5 Å². The van der Waals surface area contributed by atoms with E-state index >= 15 is 0 Å². The molecule has 124 valence electrons. The zero-order valence-corrected chi connectivity index (χ0v) is 13.9. The summed E-state index contributed by atoms with van der Waals surface area (Å²) in [5, 5.41) is 10.6. The van der Waals surface area contributed by atoms with Crippen LogP contribution in [0.5, 0.6) is 11.5 Å². The van der Waals surface area contributed by atoms with E-state index in [2.05, 4.69) is 0 Å². The number of hydrogen-bond acceptors (Lipinski definition) is 4. The Labute approximate surface area is 141 Å². The summed E-state index contributed by atoms with van der Waals surface area (Å²) in [4.78, 5) is 25.8. The maximum absolute atomic E-state index is 12.9. The predicted octanol–water partition coefficient (Wildman–Crippen LogP) is 3.91. The van der Waals surface area contributed by atoms with Gasteiger partial charge in [-0.1, -0.05) is 44.5 Å². The van der Waals surface area contributed by atoms with Crippen molar-refractivity contribution in [2.45, 2.75) is 33.1 Å². The number of rotatable bonds is 5. The number of ketones is 2. The second-order valence-corrected chi connectivity index (χ2v) is 5.93. The van der Waals surface area contributed by atoms with Gasteiger partial charge in [-0.3, -0.25) is 9.59 Å². The standard InChI is InChI=1S/C20H20O4/c1-3-7-12-11-15(24-10-4-2)16-17(18(12)21)20(23)14-9-6-5-8-13(14)19(16)22/h5-6,8-9,11,21H,3-4,7,10H2,1-2H3. The molecular formula is C20H20O4. The molecule has 0 unspecified atom stereocenters. The Hall–Kier alpha value is -2.62. The van der Waals surface area contributed by atoms with Crippen LogP contribution in [-0.2, 0) is 6.42 Å². The van der Waals surface area contributed by atoms with Crippen LogP contribution in [0.25, 0.3) is 0 Å². The van der Waals surface area contributed by atoms with Gasteiger partial charge in [-0.2, -0.15) is 0 Å². The fourth-order valence-corrected chi connectivity index (χ4v) is 3.08. The number of ether oxygens (including phenoxy) is 1. The van der Waals surface area contributed by atoms with Crippen LogP contribution in [0.4, 0.5) is 0 Å². The Kier molecular flexibility index (Phi) is 4.38. The van der Waals surface area contributed by atoms with Crippen molar-refractivity contribution >= 4 is 11.6 Å². The van der Waals surface area contributed by atoms with Crippen molar-refractivity contribution in [1.82, 2.24) is 0 Å². The molecule has 0 saturated carbocycles. The number of fused-ring (bicyclic) bond motifs is 2. The number of phenols is 1. The van der Waals surface area contributed by atoms with Crippen LogP contribution in [-0.4, -0.2) is 23.3 Å². The Balaban J connectivity index is 2.27. The first-order chi connectivity index (χ1) is 11.6. The molecule has 0 radical (unpaired) electrons. The van der Waals surface area contributed by atoms with Gasteiger partial charge in [0.1, 0.15) is 11.5 Å². The molecular weight excluding hydrogens is 304 g/mol. The predicted molar refractivity (Wildman–Crippen MR) is 91.2 cm³/mol. The summed E-state index contributed by atoms with van der Waals surface area (Å²) >= 11 is 0. The van der Waals surface area contributed by atoms with Gasteiger partial charge in [0.05, 0.1) is 17.7 Å². The van der Waals surface area contributed by atoms with Crippen molar-refractivity contribution < 1.29 is 19.4 Å². The third kappa shape index (κ3) is 2.48. The van der Waals surface area contributed by atoms with E-state index in [1.807, 2.05) is 13.8 Å². The molecule has 1 aliphatic rings. The summed E-state index contributed by atoms with van der Waals surface area (Å²) in [6, 6.07) is 8.41. The molecule has 4 nitrogen and oxygen atoms in total. The minimum absolute atomic E-state index is 0.0794. The highest BCUT2D eigenvalue weighted by Crippen LogP contribution is 2.40. The van der Waals surface area contributed by atoms with E-state index in [1.165, 1.54) is 0 Å². The van der Waals surface area contributed by atoms with E-state index in [1.54, 1.807) is 30.3 Å². The number of aryl methyl sites for hydroxylation is 1. The van der Waals surface area contributed by atoms with E-state index in [0.29, 0.717) is 35.5 Å². The quantitative estimate of drug-likeness (QED) is 0.773. The summed E-state index contributed by atoms with van der Waals surface area (Å²) in [5.41, 5.74) is 1.60. The highest BCUT2D eigenvalue weighted by atomic mass is 16.5. The largest absolute Gasteiger partial charge is 0.507 e. The summed E-state index contributed by atoms with van der Waals surface area (Å²) < 4.78 is 5.75. The SMILES string of the molecule is CCCOc1cc(CCC)c(O)c2c1C(=O)c1ccccc1C2=O. The number of hydrogen-bond donors (Lipinski definition) is 1. The van der Waals surface area contributed by atoms with Crippen molar-refractivity contribution in [2.75, 3.05) is 6.61 Å². The van der Waals surface area contributed by atoms with E-state index in [-0.39, 0.29) is 28.4 Å². The average molecular weight is 324 g/mol. The molecule has 0 atom stereocenters. The Morgan fingerprint density at radius 1 is 0.958 bits per heavy atom. The molecule has 0 spiro atoms. The molecule has 2 aromatic rings. The molecule has 0 bridgehead atoms. The van der Waals surface area contributed by atoms with Crippen molar-refractivity contribution in [1.29, 1.82) is 0 Å². The maximum atomic E-state index is 12.9. The van der Waals surface area contributed by atoms with Gasteiger partial charge in [-0.25, -0.2) is 0 Å². The molecule has 0 aromatic heterocycles. The van der Waals surface area contributed by atoms with Crippen LogP contribution in [0.3, 0.4) is 0 Å². The fraction of sp³-hybridized carbons (Fsp3) is 0.300. The summed E-state index contributed by atoms with van der Waals surface area (Å²) in [6.45, 7) is 4.42. The first kappa shape index (κ1) is 16.2. The minimum Gasteiger partial charge on any atom is -0.507 e. The maximum Gasteiger partial charge on any atom is 0.198 e. The number of carbonyl (C=O) groups is 2. The van der Waals surface area contributed by atoms with E-state index in [0.717, 1.165) is 12.8 Å². The van der Waals surface area contributed by atoms with Gasteiger partial charge in [-0.15, -0.1) is 0 Å². The third-order valence-corrected chi connectivity index (χ3v) is 4.19. The zero-order valence-electron chi connectivity index (χ0n) is 13.9. The van der Waals surface area contributed by atoms with Crippen molar-refractivity contribution in [2.24, 2.45) is 0 Å². The first-order valence-corrected chi connectivity index (χ1v) is 8.30. The van der Waals surface area contributed by atoms with E-state index in [9.17, 15) is 14.7 Å². The molecule has 0 amide bonds. The number of aromatic hydroxyl groups is 1. The van der Waals surface area contributed by atoms with E-state index < -0.39 is 0 Å². The highest BCUT2D eigenvalue weighted by Gasteiger charge is 2.35. The molecule has 0 heterocycles. The summed E-state index contributed by atoms with van der Waals surface area (Å²) in [7, 11) is 0. The van der Waals surface area contributed by atoms with Crippen LogP contribution < -0.4 is 4.74 Å². The second-order valence-electron chi connectivity index (χ2n) is 5.93. The second kappa shape index (κ2) is 6.48. The number of phenolic OH excluding ortho intramolecular Hbond substituents is 1. The molecule has 4 heteroatoms. The zero-order chi connectivity index (χ0) is 17.3. The minimum atomic E-state index is -0.322. The smallest absolute Gasteiger partial charge is 0.198 e. The lowest BCUT2D eigenvalue weighted by molar-refractivity contribution is 0.0973. The molecule has 0 aliphatic heterocycles. The van der Waals surface area contributed by atoms with Gasteiger partial charge in [0.25, 0.3) is 0 Å². The average Bonchev–Trinajstić information content (AvgIpc) is 2.60. The van der Waals surface area contributed by atoms with Crippen molar-refractivity contribution in [3.8, 4) is 11.5 Å². The van der Waals surface area contributed by atoms with Crippen LogP contribution >= 0.6 is 0 Å². The topological polar surface area (TPSA) is 63.6 Å². The van der Waals surface area contributed by atoms with Crippen molar-refractivity contribution in [3.05, 3.63) is 58.1 Å². The summed E-state index contributed by atoms with van der Waals surface area (Å²) in [6.07, 6.45) is 2.22.